The van der Waals surface area contributed by atoms with Gasteiger partial charge in [-0.25, -0.2) is 0 Å². The molecule has 1 unspecified atom stereocenters. The van der Waals surface area contributed by atoms with E-state index in [9.17, 15) is 9.59 Å². The van der Waals surface area contributed by atoms with Crippen LogP contribution in [0.5, 0.6) is 0 Å². The quantitative estimate of drug-likeness (QED) is 0.931. The predicted octanol–water partition coefficient (Wildman–Crippen LogP) is 3.31. The normalized spacial score (nSPS) is 17.9. The lowest BCUT2D eigenvalue weighted by Crippen LogP contribution is -2.47. The molecule has 2 aromatic rings. The molecule has 1 fully saturated rings. The lowest BCUT2D eigenvalue weighted by molar-refractivity contribution is -0.133. The first-order chi connectivity index (χ1) is 12.1. The highest BCUT2D eigenvalue weighted by Gasteiger charge is 2.28. The average molecular weight is 336 g/mol. The van der Waals surface area contributed by atoms with E-state index < -0.39 is 6.04 Å². The minimum atomic E-state index is -0.445. The van der Waals surface area contributed by atoms with Crippen LogP contribution in [0.25, 0.3) is 0 Å². The van der Waals surface area contributed by atoms with Gasteiger partial charge in [-0.15, -0.1) is 0 Å². The number of rotatable bonds is 4. The first-order valence-electron chi connectivity index (χ1n) is 8.84. The number of nitrogens with zero attached hydrogens (tertiary/aromatic N) is 1. The molecule has 0 aliphatic carbocycles. The van der Waals surface area contributed by atoms with Gasteiger partial charge in [-0.05, 0) is 49.4 Å². The van der Waals surface area contributed by atoms with Crippen LogP contribution in [0.2, 0.25) is 0 Å². The Morgan fingerprint density at radius 1 is 1.08 bits per heavy atom. The summed E-state index contributed by atoms with van der Waals surface area (Å²) in [6.45, 7) is 3.40. The molecule has 25 heavy (non-hydrogen) atoms. The zero-order valence-corrected chi connectivity index (χ0v) is 14.6. The van der Waals surface area contributed by atoms with E-state index in [2.05, 4.69) is 24.4 Å². The zero-order valence-electron chi connectivity index (χ0n) is 14.6. The van der Waals surface area contributed by atoms with Crippen LogP contribution in [0.3, 0.4) is 0 Å². The molecular weight excluding hydrogens is 312 g/mol. The van der Waals surface area contributed by atoms with Crippen molar-refractivity contribution in [3.05, 3.63) is 71.3 Å². The Kier molecular flexibility index (Phi) is 5.49. The molecular formula is C21H24N2O2. The topological polar surface area (TPSA) is 49.4 Å². The number of aryl methyl sites for hydroxylation is 1. The second-order valence-corrected chi connectivity index (χ2v) is 6.57. The molecule has 130 valence electrons. The van der Waals surface area contributed by atoms with Crippen molar-refractivity contribution < 1.29 is 9.59 Å². The van der Waals surface area contributed by atoms with E-state index >= 15 is 0 Å². The van der Waals surface area contributed by atoms with Crippen molar-refractivity contribution in [3.8, 4) is 0 Å². The Balaban J connectivity index is 1.71. The van der Waals surface area contributed by atoms with Crippen molar-refractivity contribution >= 4 is 11.8 Å². The fourth-order valence-corrected chi connectivity index (χ4v) is 3.22. The van der Waals surface area contributed by atoms with Crippen LogP contribution >= 0.6 is 0 Å². The third-order valence-electron chi connectivity index (χ3n) is 4.74. The van der Waals surface area contributed by atoms with Gasteiger partial charge < -0.3 is 10.2 Å². The van der Waals surface area contributed by atoms with E-state index in [-0.39, 0.29) is 11.8 Å². The van der Waals surface area contributed by atoms with Crippen LogP contribution in [0.4, 0.5) is 0 Å². The van der Waals surface area contributed by atoms with Crippen LogP contribution in [-0.4, -0.2) is 29.3 Å². The first kappa shape index (κ1) is 17.2. The van der Waals surface area contributed by atoms with Gasteiger partial charge in [0.15, 0.2) is 0 Å². The maximum atomic E-state index is 12.9. The van der Waals surface area contributed by atoms with Crippen molar-refractivity contribution in [3.63, 3.8) is 0 Å². The fraction of sp³-hybridized carbons (Fsp3) is 0.333. The number of carbonyl (C=O) groups excluding carboxylic acids is 2. The Hall–Kier alpha value is -2.62. The largest absolute Gasteiger partial charge is 0.340 e. The maximum absolute atomic E-state index is 12.9. The zero-order chi connectivity index (χ0) is 17.6. The van der Waals surface area contributed by atoms with Gasteiger partial charge in [0.1, 0.15) is 6.04 Å². The number of hydrogen-bond acceptors (Lipinski definition) is 2. The summed E-state index contributed by atoms with van der Waals surface area (Å²) in [5.41, 5.74) is 2.93. The molecule has 0 radical (unpaired) electrons. The second-order valence-electron chi connectivity index (χ2n) is 6.57. The first-order valence-corrected chi connectivity index (χ1v) is 8.84. The average Bonchev–Trinajstić information content (AvgIpc) is 2.80. The van der Waals surface area contributed by atoms with Crippen molar-refractivity contribution in [2.75, 3.05) is 6.54 Å². The van der Waals surface area contributed by atoms with Crippen LogP contribution in [0.15, 0.2) is 54.6 Å². The van der Waals surface area contributed by atoms with Crippen LogP contribution in [-0.2, 0) is 11.3 Å². The molecule has 3 rings (SSSR count). The Morgan fingerprint density at radius 3 is 2.56 bits per heavy atom. The second kappa shape index (κ2) is 7.97. The Bertz CT molecular complexity index is 743. The monoisotopic (exact) mass is 336 g/mol. The van der Waals surface area contributed by atoms with Crippen LogP contribution < -0.4 is 5.32 Å². The van der Waals surface area contributed by atoms with Crippen molar-refractivity contribution in [2.45, 2.75) is 38.8 Å². The van der Waals surface area contributed by atoms with Gasteiger partial charge in [-0.2, -0.15) is 0 Å². The standard InChI is InChI=1S/C21H24N2O2/c1-16-9-5-6-12-18(16)15-23-14-8-7-13-19(21(23)25)22-20(24)17-10-3-2-4-11-17/h2-6,9-12,19H,7-8,13-15H2,1H3,(H,22,24). The van der Waals surface area contributed by atoms with E-state index in [4.69, 9.17) is 0 Å². The summed E-state index contributed by atoms with van der Waals surface area (Å²) in [4.78, 5) is 27.2. The molecule has 0 saturated carbocycles. The fourth-order valence-electron chi connectivity index (χ4n) is 3.22. The van der Waals surface area contributed by atoms with Gasteiger partial charge in [0.05, 0.1) is 0 Å². The number of benzene rings is 2. The molecule has 2 aromatic carbocycles. The predicted molar refractivity (Wildman–Crippen MR) is 98.1 cm³/mol. The van der Waals surface area contributed by atoms with Gasteiger partial charge in [-0.3, -0.25) is 9.59 Å². The highest BCUT2D eigenvalue weighted by atomic mass is 16.2. The summed E-state index contributed by atoms with van der Waals surface area (Å²) in [5, 5.41) is 2.93. The van der Waals surface area contributed by atoms with E-state index in [1.54, 1.807) is 12.1 Å². The molecule has 1 aliphatic heterocycles. The third-order valence-corrected chi connectivity index (χ3v) is 4.74. The van der Waals surface area contributed by atoms with E-state index in [1.807, 2.05) is 35.2 Å². The third kappa shape index (κ3) is 4.27. The molecule has 4 heteroatoms. The molecule has 1 aliphatic rings. The summed E-state index contributed by atoms with van der Waals surface area (Å²) in [5.74, 6) is -0.165. The van der Waals surface area contributed by atoms with Gasteiger partial charge in [0, 0.05) is 18.7 Å². The molecule has 1 atom stereocenters. The number of likely N-dealkylation sites (tertiary alicyclic amines) is 1. The molecule has 4 nitrogen and oxygen atoms in total. The van der Waals surface area contributed by atoms with Crippen LogP contribution in [0.1, 0.15) is 40.7 Å². The number of hydrogen-bond donors (Lipinski definition) is 1. The lowest BCUT2D eigenvalue weighted by Gasteiger charge is -2.25. The maximum Gasteiger partial charge on any atom is 0.251 e. The minimum Gasteiger partial charge on any atom is -0.340 e. The Morgan fingerprint density at radius 2 is 1.80 bits per heavy atom. The SMILES string of the molecule is Cc1ccccc1CN1CCCCC(NC(=O)c2ccccc2)C1=O. The van der Waals surface area contributed by atoms with E-state index in [1.165, 1.54) is 5.56 Å². The summed E-state index contributed by atoms with van der Waals surface area (Å²) in [6.07, 6.45) is 2.60. The van der Waals surface area contributed by atoms with E-state index in [0.717, 1.165) is 24.9 Å². The summed E-state index contributed by atoms with van der Waals surface area (Å²) < 4.78 is 0. The highest BCUT2D eigenvalue weighted by Crippen LogP contribution is 2.17. The van der Waals surface area contributed by atoms with Crippen molar-refractivity contribution in [2.24, 2.45) is 0 Å². The van der Waals surface area contributed by atoms with Crippen LogP contribution in [0, 0.1) is 6.92 Å². The van der Waals surface area contributed by atoms with Gasteiger partial charge in [-0.1, -0.05) is 42.5 Å². The lowest BCUT2D eigenvalue weighted by atomic mass is 10.1. The molecule has 0 aromatic heterocycles. The van der Waals surface area contributed by atoms with E-state index in [0.29, 0.717) is 18.5 Å². The molecule has 0 spiro atoms. The smallest absolute Gasteiger partial charge is 0.251 e. The summed E-state index contributed by atoms with van der Waals surface area (Å²) in [6, 6.07) is 16.7. The summed E-state index contributed by atoms with van der Waals surface area (Å²) >= 11 is 0. The number of carbonyl (C=O) groups is 2. The molecule has 1 heterocycles. The number of amides is 2. The van der Waals surface area contributed by atoms with Crippen molar-refractivity contribution in [1.29, 1.82) is 0 Å². The minimum absolute atomic E-state index is 0.0186. The Labute approximate surface area is 148 Å². The van der Waals surface area contributed by atoms with Gasteiger partial charge in [0.2, 0.25) is 5.91 Å². The molecule has 1 saturated heterocycles. The number of nitrogens with one attached hydrogen (secondary N) is 1. The van der Waals surface area contributed by atoms with Crippen molar-refractivity contribution in [1.82, 2.24) is 10.2 Å². The van der Waals surface area contributed by atoms with Gasteiger partial charge >= 0.3 is 0 Å². The molecule has 0 bridgehead atoms. The summed E-state index contributed by atoms with van der Waals surface area (Å²) in [7, 11) is 0. The molecule has 1 N–H and O–H groups in total. The highest BCUT2D eigenvalue weighted by molar-refractivity contribution is 5.97. The van der Waals surface area contributed by atoms with Gasteiger partial charge in [0.25, 0.3) is 5.91 Å². The molecule has 2 amide bonds.